The molecule has 154 valence electrons. The largest absolute Gasteiger partial charge is 0.481 e. The minimum absolute atomic E-state index is 0.0244. The molecule has 29 heavy (non-hydrogen) atoms. The summed E-state index contributed by atoms with van der Waals surface area (Å²) in [4.78, 5) is 13.8. The first-order valence-corrected chi connectivity index (χ1v) is 10.1. The van der Waals surface area contributed by atoms with E-state index in [9.17, 15) is 14.3 Å². The molecule has 1 fully saturated rings. The van der Waals surface area contributed by atoms with Crippen molar-refractivity contribution in [1.29, 1.82) is 0 Å². The maximum Gasteiger partial charge on any atom is 0.337 e. The Morgan fingerprint density at radius 1 is 1.28 bits per heavy atom. The highest BCUT2D eigenvalue weighted by atomic mass is 35.5. The number of β-amino-alcohol motifs (C(OH)–C–C–N with tert-alkyl or cyclic N) is 1. The normalized spacial score (nSPS) is 23.8. The molecule has 0 radical (unpaired) electrons. The molecule has 5 nitrogen and oxygen atoms in total. The number of likely N-dealkylation sites (tertiary alicyclic amines) is 1. The van der Waals surface area contributed by atoms with Crippen molar-refractivity contribution in [2.75, 3.05) is 20.2 Å². The zero-order chi connectivity index (χ0) is 20.7. The molecule has 3 atom stereocenters. The van der Waals surface area contributed by atoms with Crippen LogP contribution >= 0.6 is 23.2 Å². The standard InChI is InChI=1S/C21H20Cl2FNO4/c1-28-21(27)11-2-3-19(17(24)6-11)29-20-15-7-12(22)8-16(23)14(15)9-18(20)25-5-4-13(26)10-25/h2-3,6-8,13,18,20,26H,4-5,9-10H2,1H3/t13?,18-,20-/m0/s1. The molecule has 0 spiro atoms. The van der Waals surface area contributed by atoms with Gasteiger partial charge in [-0.3, -0.25) is 4.90 Å². The van der Waals surface area contributed by atoms with Crippen LogP contribution in [0.15, 0.2) is 30.3 Å². The number of benzene rings is 2. The highest BCUT2D eigenvalue weighted by Gasteiger charge is 2.42. The van der Waals surface area contributed by atoms with Crippen LogP contribution in [0, 0.1) is 5.82 Å². The van der Waals surface area contributed by atoms with Gasteiger partial charge in [-0.1, -0.05) is 23.2 Å². The summed E-state index contributed by atoms with van der Waals surface area (Å²) in [5.74, 6) is -1.25. The van der Waals surface area contributed by atoms with Crippen molar-refractivity contribution < 1.29 is 23.8 Å². The van der Waals surface area contributed by atoms with Gasteiger partial charge in [0.1, 0.15) is 6.10 Å². The molecule has 1 unspecified atom stereocenters. The van der Waals surface area contributed by atoms with Crippen LogP contribution in [0.5, 0.6) is 5.75 Å². The molecule has 4 rings (SSSR count). The molecule has 1 saturated heterocycles. The predicted octanol–water partition coefficient (Wildman–Crippen LogP) is 4.03. The lowest BCUT2D eigenvalue weighted by Crippen LogP contribution is -2.39. The third kappa shape index (κ3) is 3.94. The molecule has 8 heteroatoms. The van der Waals surface area contributed by atoms with E-state index >= 15 is 0 Å². The average molecular weight is 440 g/mol. The van der Waals surface area contributed by atoms with Gasteiger partial charge in [0.05, 0.1) is 24.8 Å². The summed E-state index contributed by atoms with van der Waals surface area (Å²) in [6, 6.07) is 7.34. The van der Waals surface area contributed by atoms with E-state index in [4.69, 9.17) is 27.9 Å². The van der Waals surface area contributed by atoms with Crippen LogP contribution < -0.4 is 4.74 Å². The molecule has 1 N–H and O–H groups in total. The summed E-state index contributed by atoms with van der Waals surface area (Å²) in [6.07, 6.45) is 0.389. The zero-order valence-electron chi connectivity index (χ0n) is 15.7. The first kappa shape index (κ1) is 20.4. The van der Waals surface area contributed by atoms with Crippen LogP contribution in [-0.4, -0.2) is 48.3 Å². The lowest BCUT2D eigenvalue weighted by atomic mass is 10.1. The van der Waals surface area contributed by atoms with E-state index in [0.29, 0.717) is 29.4 Å². The number of aliphatic hydroxyl groups is 1. The molecule has 0 saturated carbocycles. The van der Waals surface area contributed by atoms with Crippen molar-refractivity contribution in [3.8, 4) is 5.75 Å². The molecular weight excluding hydrogens is 420 g/mol. The Bertz CT molecular complexity index is 955. The van der Waals surface area contributed by atoms with E-state index in [1.807, 2.05) is 0 Å². The first-order chi connectivity index (χ1) is 13.9. The molecule has 0 amide bonds. The second-order valence-corrected chi connectivity index (χ2v) is 8.18. The molecule has 2 aromatic carbocycles. The van der Waals surface area contributed by atoms with E-state index in [2.05, 4.69) is 9.64 Å². The number of fused-ring (bicyclic) bond motifs is 1. The summed E-state index contributed by atoms with van der Waals surface area (Å²) in [7, 11) is 1.24. The Morgan fingerprint density at radius 3 is 2.72 bits per heavy atom. The van der Waals surface area contributed by atoms with Gasteiger partial charge in [-0.25, -0.2) is 9.18 Å². The Hall–Kier alpha value is -1.86. The highest BCUT2D eigenvalue weighted by molar-refractivity contribution is 6.35. The van der Waals surface area contributed by atoms with Gasteiger partial charge in [0.2, 0.25) is 0 Å². The van der Waals surface area contributed by atoms with Crippen molar-refractivity contribution in [2.24, 2.45) is 0 Å². The fraction of sp³-hybridized carbons (Fsp3) is 0.381. The minimum Gasteiger partial charge on any atom is -0.481 e. The van der Waals surface area contributed by atoms with Gasteiger partial charge in [-0.05, 0) is 48.7 Å². The number of hydrogen-bond acceptors (Lipinski definition) is 5. The average Bonchev–Trinajstić information content (AvgIpc) is 3.26. The fourth-order valence-corrected chi connectivity index (χ4v) is 4.71. The Kier molecular flexibility index (Phi) is 5.71. The number of halogens is 3. The molecule has 1 aliphatic carbocycles. The van der Waals surface area contributed by atoms with E-state index in [0.717, 1.165) is 23.7 Å². The molecule has 1 heterocycles. The number of carbonyl (C=O) groups is 1. The number of rotatable bonds is 4. The van der Waals surface area contributed by atoms with Crippen LogP contribution in [0.25, 0.3) is 0 Å². The predicted molar refractivity (Wildman–Crippen MR) is 107 cm³/mol. The number of esters is 1. The van der Waals surface area contributed by atoms with Crippen molar-refractivity contribution >= 4 is 29.2 Å². The van der Waals surface area contributed by atoms with Crippen molar-refractivity contribution in [1.82, 2.24) is 4.90 Å². The van der Waals surface area contributed by atoms with E-state index in [1.165, 1.54) is 19.2 Å². The van der Waals surface area contributed by atoms with Gasteiger partial charge < -0.3 is 14.6 Å². The minimum atomic E-state index is -0.658. The summed E-state index contributed by atoms with van der Waals surface area (Å²) < 4.78 is 25.4. The zero-order valence-corrected chi connectivity index (χ0v) is 17.2. The fourth-order valence-electron chi connectivity index (χ4n) is 4.13. The second-order valence-electron chi connectivity index (χ2n) is 7.34. The van der Waals surface area contributed by atoms with Crippen LogP contribution in [-0.2, 0) is 11.2 Å². The van der Waals surface area contributed by atoms with Crippen molar-refractivity contribution in [3.05, 3.63) is 62.9 Å². The number of methoxy groups -OCH3 is 1. The monoisotopic (exact) mass is 439 g/mol. The lowest BCUT2D eigenvalue weighted by Gasteiger charge is -2.30. The number of aliphatic hydroxyl groups excluding tert-OH is 1. The lowest BCUT2D eigenvalue weighted by molar-refractivity contribution is 0.0599. The maximum absolute atomic E-state index is 14.7. The topological polar surface area (TPSA) is 59.0 Å². The van der Waals surface area contributed by atoms with E-state index < -0.39 is 24.0 Å². The quantitative estimate of drug-likeness (QED) is 0.728. The van der Waals surface area contributed by atoms with Crippen molar-refractivity contribution in [3.63, 3.8) is 0 Å². The summed E-state index contributed by atoms with van der Waals surface area (Å²) >= 11 is 12.6. The molecule has 1 aliphatic heterocycles. The van der Waals surface area contributed by atoms with Gasteiger partial charge in [0, 0.05) is 28.7 Å². The molecule has 0 bridgehead atoms. The van der Waals surface area contributed by atoms with E-state index in [-0.39, 0.29) is 17.4 Å². The van der Waals surface area contributed by atoms with Gasteiger partial charge in [0.15, 0.2) is 11.6 Å². The van der Waals surface area contributed by atoms with Gasteiger partial charge in [-0.15, -0.1) is 0 Å². The third-order valence-electron chi connectivity index (χ3n) is 5.53. The summed E-state index contributed by atoms with van der Waals surface area (Å²) in [5, 5.41) is 11.0. The van der Waals surface area contributed by atoms with Crippen molar-refractivity contribution in [2.45, 2.75) is 31.1 Å². The number of hydrogen-bond donors (Lipinski definition) is 1. The summed E-state index contributed by atoms with van der Waals surface area (Å²) in [6.45, 7) is 1.24. The maximum atomic E-state index is 14.7. The van der Waals surface area contributed by atoms with Crippen LogP contribution in [0.1, 0.15) is 34.0 Å². The second kappa shape index (κ2) is 8.11. The van der Waals surface area contributed by atoms with Gasteiger partial charge in [0.25, 0.3) is 0 Å². The first-order valence-electron chi connectivity index (χ1n) is 9.32. The number of nitrogens with zero attached hydrogens (tertiary/aromatic N) is 1. The Morgan fingerprint density at radius 2 is 2.07 bits per heavy atom. The van der Waals surface area contributed by atoms with Crippen LogP contribution in [0.2, 0.25) is 10.0 Å². The van der Waals surface area contributed by atoms with E-state index in [1.54, 1.807) is 12.1 Å². The molecule has 2 aliphatic rings. The SMILES string of the molecule is COC(=O)c1ccc(O[C@H]2c3cc(Cl)cc(Cl)c3C[C@@H]2N2CCC(O)C2)c(F)c1. The Labute approximate surface area is 177 Å². The Balaban J connectivity index is 1.68. The van der Waals surface area contributed by atoms with Gasteiger partial charge >= 0.3 is 5.97 Å². The number of ether oxygens (including phenoxy) is 2. The molecule has 2 aromatic rings. The number of carbonyl (C=O) groups excluding carboxylic acids is 1. The summed E-state index contributed by atoms with van der Waals surface area (Å²) in [5.41, 5.74) is 1.83. The third-order valence-corrected chi connectivity index (χ3v) is 6.09. The smallest absolute Gasteiger partial charge is 0.337 e. The van der Waals surface area contributed by atoms with Crippen LogP contribution in [0.4, 0.5) is 4.39 Å². The molecule has 0 aromatic heterocycles. The highest BCUT2D eigenvalue weighted by Crippen LogP contribution is 2.43. The van der Waals surface area contributed by atoms with Crippen LogP contribution in [0.3, 0.4) is 0 Å². The van der Waals surface area contributed by atoms with Gasteiger partial charge in [-0.2, -0.15) is 0 Å². The molecular formula is C21H20Cl2FNO4.